The standard InChI is InChI=1S/C18H23NO4/c1-12-7-6-8-13(9-12)14-10-15(16(20)22-5)19(11-14)17(21)23-18(2,3)4/h6-10,15H,11H2,1-5H3/t15-/m1/s1. The molecule has 0 saturated heterocycles. The van der Waals surface area contributed by atoms with Gasteiger partial charge < -0.3 is 9.47 Å². The second-order valence-corrected chi connectivity index (χ2v) is 6.64. The van der Waals surface area contributed by atoms with Crippen LogP contribution in [0, 0.1) is 6.92 Å². The fourth-order valence-electron chi connectivity index (χ4n) is 2.46. The Morgan fingerprint density at radius 2 is 1.96 bits per heavy atom. The van der Waals surface area contributed by atoms with E-state index >= 15 is 0 Å². The molecule has 1 aliphatic rings. The van der Waals surface area contributed by atoms with Crippen LogP contribution < -0.4 is 0 Å². The molecule has 0 unspecified atom stereocenters. The Labute approximate surface area is 136 Å². The van der Waals surface area contributed by atoms with Crippen LogP contribution >= 0.6 is 0 Å². The fraction of sp³-hybridized carbons (Fsp3) is 0.444. The summed E-state index contributed by atoms with van der Waals surface area (Å²) in [7, 11) is 1.31. The second kappa shape index (κ2) is 6.44. The lowest BCUT2D eigenvalue weighted by Crippen LogP contribution is -2.44. The second-order valence-electron chi connectivity index (χ2n) is 6.64. The molecule has 1 aromatic rings. The van der Waals surface area contributed by atoms with Crippen LogP contribution in [0.25, 0.3) is 5.57 Å². The molecule has 0 radical (unpaired) electrons. The number of nitrogens with zero attached hydrogens (tertiary/aromatic N) is 1. The molecule has 5 nitrogen and oxygen atoms in total. The third-order valence-electron chi connectivity index (χ3n) is 3.50. The minimum absolute atomic E-state index is 0.318. The Kier molecular flexibility index (Phi) is 4.78. The molecule has 0 aliphatic carbocycles. The third-order valence-corrected chi connectivity index (χ3v) is 3.50. The Bertz CT molecular complexity index is 643. The van der Waals surface area contributed by atoms with Crippen molar-refractivity contribution in [2.75, 3.05) is 13.7 Å². The van der Waals surface area contributed by atoms with Gasteiger partial charge in [-0.25, -0.2) is 9.59 Å². The van der Waals surface area contributed by atoms with Crippen LogP contribution in [0.2, 0.25) is 0 Å². The predicted molar refractivity (Wildman–Crippen MR) is 87.9 cm³/mol. The van der Waals surface area contributed by atoms with Gasteiger partial charge in [0.05, 0.1) is 13.7 Å². The zero-order chi connectivity index (χ0) is 17.2. The highest BCUT2D eigenvalue weighted by molar-refractivity contribution is 5.90. The zero-order valence-corrected chi connectivity index (χ0v) is 14.3. The van der Waals surface area contributed by atoms with Gasteiger partial charge in [-0.2, -0.15) is 0 Å². The van der Waals surface area contributed by atoms with Gasteiger partial charge in [0.25, 0.3) is 0 Å². The van der Waals surface area contributed by atoms with Gasteiger partial charge in [-0.05, 0) is 44.9 Å². The highest BCUT2D eigenvalue weighted by atomic mass is 16.6. The van der Waals surface area contributed by atoms with Gasteiger partial charge in [0.15, 0.2) is 6.04 Å². The van der Waals surface area contributed by atoms with Crippen LogP contribution in [0.4, 0.5) is 4.79 Å². The number of hydrogen-bond acceptors (Lipinski definition) is 4. The van der Waals surface area contributed by atoms with E-state index < -0.39 is 23.7 Å². The maximum absolute atomic E-state index is 12.4. The number of rotatable bonds is 2. The van der Waals surface area contributed by atoms with Gasteiger partial charge in [0.2, 0.25) is 0 Å². The zero-order valence-electron chi connectivity index (χ0n) is 14.3. The van der Waals surface area contributed by atoms with Crippen molar-refractivity contribution in [3.63, 3.8) is 0 Å². The van der Waals surface area contributed by atoms with Crippen molar-refractivity contribution in [1.82, 2.24) is 4.90 Å². The maximum atomic E-state index is 12.4. The van der Waals surface area contributed by atoms with E-state index in [2.05, 4.69) is 0 Å². The van der Waals surface area contributed by atoms with E-state index in [9.17, 15) is 9.59 Å². The van der Waals surface area contributed by atoms with Crippen LogP contribution in [0.1, 0.15) is 31.9 Å². The van der Waals surface area contributed by atoms with E-state index in [1.807, 2.05) is 31.2 Å². The third kappa shape index (κ3) is 4.12. The molecule has 0 fully saturated rings. The number of carbonyl (C=O) groups is 2. The molecule has 0 N–H and O–H groups in total. The van der Waals surface area contributed by atoms with E-state index in [4.69, 9.17) is 9.47 Å². The van der Waals surface area contributed by atoms with Crippen molar-refractivity contribution in [3.8, 4) is 0 Å². The Morgan fingerprint density at radius 1 is 1.26 bits per heavy atom. The lowest BCUT2D eigenvalue weighted by molar-refractivity contribution is -0.144. The molecule has 0 saturated carbocycles. The van der Waals surface area contributed by atoms with E-state index in [-0.39, 0.29) is 0 Å². The van der Waals surface area contributed by atoms with E-state index in [0.29, 0.717) is 6.54 Å². The predicted octanol–water partition coefficient (Wildman–Crippen LogP) is 3.17. The smallest absolute Gasteiger partial charge is 0.411 e. The average molecular weight is 317 g/mol. The average Bonchev–Trinajstić information content (AvgIpc) is 2.90. The molecule has 1 heterocycles. The summed E-state index contributed by atoms with van der Waals surface area (Å²) in [6.45, 7) is 7.70. The normalized spacial score (nSPS) is 17.7. The molecule has 0 aromatic heterocycles. The van der Waals surface area contributed by atoms with Crippen LogP contribution in [-0.4, -0.2) is 42.3 Å². The summed E-state index contributed by atoms with van der Waals surface area (Å²) in [5.74, 6) is -0.474. The minimum Gasteiger partial charge on any atom is -0.467 e. The summed E-state index contributed by atoms with van der Waals surface area (Å²) in [6, 6.07) is 7.19. The van der Waals surface area contributed by atoms with E-state index in [0.717, 1.165) is 16.7 Å². The summed E-state index contributed by atoms with van der Waals surface area (Å²) in [5.41, 5.74) is 2.40. The number of benzene rings is 1. The first-order chi connectivity index (χ1) is 10.7. The number of amides is 1. The van der Waals surface area contributed by atoms with Gasteiger partial charge in [-0.15, -0.1) is 0 Å². The van der Waals surface area contributed by atoms with Crippen molar-refractivity contribution in [2.45, 2.75) is 39.3 Å². The first-order valence-corrected chi connectivity index (χ1v) is 7.56. The van der Waals surface area contributed by atoms with E-state index in [1.54, 1.807) is 26.8 Å². The lowest BCUT2D eigenvalue weighted by atomic mass is 10.0. The van der Waals surface area contributed by atoms with Crippen LogP contribution in [0.3, 0.4) is 0 Å². The van der Waals surface area contributed by atoms with Crippen molar-refractivity contribution >= 4 is 17.6 Å². The first-order valence-electron chi connectivity index (χ1n) is 7.56. The Hall–Kier alpha value is -2.30. The number of methoxy groups -OCH3 is 1. The first kappa shape index (κ1) is 17.1. The van der Waals surface area contributed by atoms with Gasteiger partial charge >= 0.3 is 12.1 Å². The summed E-state index contributed by atoms with van der Waals surface area (Å²) >= 11 is 0. The fourth-order valence-corrected chi connectivity index (χ4v) is 2.46. The lowest BCUT2D eigenvalue weighted by Gasteiger charge is -2.27. The summed E-state index contributed by atoms with van der Waals surface area (Å²) in [5, 5.41) is 0. The largest absolute Gasteiger partial charge is 0.467 e. The molecular weight excluding hydrogens is 294 g/mol. The van der Waals surface area contributed by atoms with Crippen LogP contribution in [-0.2, 0) is 14.3 Å². The molecule has 1 aromatic carbocycles. The molecule has 124 valence electrons. The summed E-state index contributed by atoms with van der Waals surface area (Å²) < 4.78 is 10.2. The van der Waals surface area contributed by atoms with Crippen LogP contribution in [0.5, 0.6) is 0 Å². The van der Waals surface area contributed by atoms with Crippen molar-refractivity contribution in [3.05, 3.63) is 41.5 Å². The number of hydrogen-bond donors (Lipinski definition) is 0. The summed E-state index contributed by atoms with van der Waals surface area (Å²) in [4.78, 5) is 25.8. The highest BCUT2D eigenvalue weighted by Gasteiger charge is 2.37. The summed E-state index contributed by atoms with van der Waals surface area (Å²) in [6.07, 6.45) is 1.25. The molecule has 0 spiro atoms. The number of ether oxygens (including phenoxy) is 2. The van der Waals surface area contributed by atoms with Gasteiger partial charge in [0.1, 0.15) is 5.60 Å². The maximum Gasteiger partial charge on any atom is 0.411 e. The molecule has 1 aliphatic heterocycles. The minimum atomic E-state index is -0.759. The van der Waals surface area contributed by atoms with Gasteiger partial charge in [0, 0.05) is 0 Å². The van der Waals surface area contributed by atoms with Crippen molar-refractivity contribution in [1.29, 1.82) is 0 Å². The molecular formula is C18H23NO4. The Morgan fingerprint density at radius 3 is 2.52 bits per heavy atom. The van der Waals surface area contributed by atoms with Crippen LogP contribution in [0.15, 0.2) is 30.3 Å². The molecule has 1 amide bonds. The molecule has 23 heavy (non-hydrogen) atoms. The number of aryl methyl sites for hydroxylation is 1. The quantitative estimate of drug-likeness (QED) is 0.786. The molecule has 2 rings (SSSR count). The molecule has 0 bridgehead atoms. The van der Waals surface area contributed by atoms with Gasteiger partial charge in [-0.3, -0.25) is 4.90 Å². The molecule has 5 heteroatoms. The van der Waals surface area contributed by atoms with Crippen molar-refractivity contribution < 1.29 is 19.1 Å². The van der Waals surface area contributed by atoms with Crippen molar-refractivity contribution in [2.24, 2.45) is 0 Å². The number of esters is 1. The Balaban J connectivity index is 2.28. The topological polar surface area (TPSA) is 55.8 Å². The monoisotopic (exact) mass is 317 g/mol. The highest BCUT2D eigenvalue weighted by Crippen LogP contribution is 2.28. The number of carbonyl (C=O) groups excluding carboxylic acids is 2. The van der Waals surface area contributed by atoms with E-state index in [1.165, 1.54) is 12.0 Å². The molecule has 1 atom stereocenters. The van der Waals surface area contributed by atoms with Gasteiger partial charge in [-0.1, -0.05) is 29.8 Å². The SMILES string of the molecule is COC(=O)[C@H]1C=C(c2cccc(C)c2)CN1C(=O)OC(C)(C)C.